The summed E-state index contributed by atoms with van der Waals surface area (Å²) < 4.78 is 40.0. The van der Waals surface area contributed by atoms with Gasteiger partial charge in [-0.15, -0.1) is 0 Å². The number of para-hydroxylation sites is 1. The van der Waals surface area contributed by atoms with Crippen molar-refractivity contribution in [2.75, 3.05) is 23.4 Å². The molecule has 0 saturated carbocycles. The molecule has 31 heavy (non-hydrogen) atoms. The first-order valence-electron chi connectivity index (χ1n) is 10.2. The van der Waals surface area contributed by atoms with Crippen molar-refractivity contribution in [2.24, 2.45) is 5.10 Å². The summed E-state index contributed by atoms with van der Waals surface area (Å²) in [6.45, 7) is 3.80. The molecule has 1 saturated heterocycles. The second kappa shape index (κ2) is 8.79. The minimum absolute atomic E-state index is 0.233. The molecule has 1 N–H and O–H groups in total. The molecule has 6 nitrogen and oxygen atoms in total. The van der Waals surface area contributed by atoms with Crippen molar-refractivity contribution in [3.05, 3.63) is 65.5 Å². The number of anilines is 2. The fraction of sp³-hybridized carbons (Fsp3) is 0.318. The van der Waals surface area contributed by atoms with Crippen LogP contribution in [-0.4, -0.2) is 34.1 Å². The summed E-state index contributed by atoms with van der Waals surface area (Å²) in [5, 5.41) is 8.96. The van der Waals surface area contributed by atoms with Crippen LogP contribution in [-0.2, 0) is 6.18 Å². The average Bonchev–Trinajstić information content (AvgIpc) is 3.11. The summed E-state index contributed by atoms with van der Waals surface area (Å²) >= 11 is 0. The molecule has 9 heteroatoms. The van der Waals surface area contributed by atoms with Gasteiger partial charge in [0, 0.05) is 19.3 Å². The molecule has 1 aromatic carbocycles. The number of piperidine rings is 1. The third-order valence-electron chi connectivity index (χ3n) is 5.20. The Morgan fingerprint density at radius 3 is 2.42 bits per heavy atom. The van der Waals surface area contributed by atoms with E-state index in [9.17, 15) is 13.2 Å². The minimum Gasteiger partial charge on any atom is -0.356 e. The van der Waals surface area contributed by atoms with Crippen molar-refractivity contribution in [2.45, 2.75) is 32.4 Å². The zero-order valence-corrected chi connectivity index (χ0v) is 17.1. The normalized spacial score (nSPS) is 14.9. The van der Waals surface area contributed by atoms with E-state index in [1.807, 2.05) is 41.9 Å². The zero-order valence-electron chi connectivity index (χ0n) is 17.1. The van der Waals surface area contributed by atoms with E-state index in [-0.39, 0.29) is 5.82 Å². The van der Waals surface area contributed by atoms with E-state index < -0.39 is 11.7 Å². The van der Waals surface area contributed by atoms with Crippen molar-refractivity contribution < 1.29 is 13.2 Å². The zero-order chi connectivity index (χ0) is 21.8. The van der Waals surface area contributed by atoms with Crippen LogP contribution in [0.15, 0.2) is 53.8 Å². The van der Waals surface area contributed by atoms with Gasteiger partial charge < -0.3 is 4.90 Å². The highest BCUT2D eigenvalue weighted by molar-refractivity contribution is 5.89. The number of hydrogen-bond donors (Lipinski definition) is 1. The number of benzene rings is 1. The molecule has 1 fully saturated rings. The third kappa shape index (κ3) is 4.70. The van der Waals surface area contributed by atoms with Crippen LogP contribution >= 0.6 is 0 Å². The highest BCUT2D eigenvalue weighted by atomic mass is 19.4. The highest BCUT2D eigenvalue weighted by Gasteiger charge is 2.30. The predicted octanol–water partition coefficient (Wildman–Crippen LogP) is 5.03. The molecule has 0 amide bonds. The molecular formula is C22H23F3N6. The molecule has 0 unspecified atom stereocenters. The van der Waals surface area contributed by atoms with E-state index >= 15 is 0 Å². The molecule has 0 radical (unpaired) electrons. The SMILES string of the molecule is Cc1nn(-c2ccccc2)c(N2CCCCC2)c1C=NNc1ccc(C(F)(F)F)cn1. The van der Waals surface area contributed by atoms with Gasteiger partial charge in [0.15, 0.2) is 0 Å². The van der Waals surface area contributed by atoms with E-state index in [1.165, 1.54) is 12.5 Å². The Morgan fingerprint density at radius 2 is 1.77 bits per heavy atom. The second-order valence-electron chi connectivity index (χ2n) is 7.42. The largest absolute Gasteiger partial charge is 0.417 e. The summed E-state index contributed by atoms with van der Waals surface area (Å²) in [6, 6.07) is 12.1. The topological polar surface area (TPSA) is 58.3 Å². The van der Waals surface area contributed by atoms with Gasteiger partial charge in [0.2, 0.25) is 0 Å². The van der Waals surface area contributed by atoms with Crippen molar-refractivity contribution in [1.82, 2.24) is 14.8 Å². The summed E-state index contributed by atoms with van der Waals surface area (Å²) in [5.74, 6) is 1.20. The number of alkyl halides is 3. The molecule has 0 bridgehead atoms. The van der Waals surface area contributed by atoms with E-state index in [0.717, 1.165) is 61.0 Å². The molecule has 4 rings (SSSR count). The number of pyridine rings is 1. The highest BCUT2D eigenvalue weighted by Crippen LogP contribution is 2.30. The second-order valence-corrected chi connectivity index (χ2v) is 7.42. The van der Waals surface area contributed by atoms with Crippen LogP contribution < -0.4 is 10.3 Å². The van der Waals surface area contributed by atoms with Crippen LogP contribution in [0.5, 0.6) is 0 Å². The monoisotopic (exact) mass is 428 g/mol. The predicted molar refractivity (Wildman–Crippen MR) is 115 cm³/mol. The Hall–Kier alpha value is -3.36. The van der Waals surface area contributed by atoms with Gasteiger partial charge in [-0.2, -0.15) is 23.4 Å². The van der Waals surface area contributed by atoms with Gasteiger partial charge in [-0.1, -0.05) is 18.2 Å². The lowest BCUT2D eigenvalue weighted by atomic mass is 10.1. The van der Waals surface area contributed by atoms with Crippen LogP contribution in [0.2, 0.25) is 0 Å². The molecule has 1 aliphatic heterocycles. The van der Waals surface area contributed by atoms with Crippen LogP contribution in [0.3, 0.4) is 0 Å². The molecular weight excluding hydrogens is 405 g/mol. The van der Waals surface area contributed by atoms with Gasteiger partial charge in [0.05, 0.1) is 28.7 Å². The number of aromatic nitrogens is 3. The summed E-state index contributed by atoms with van der Waals surface area (Å²) in [7, 11) is 0. The first-order valence-corrected chi connectivity index (χ1v) is 10.2. The lowest BCUT2D eigenvalue weighted by molar-refractivity contribution is -0.137. The van der Waals surface area contributed by atoms with E-state index in [4.69, 9.17) is 5.10 Å². The number of nitrogens with zero attached hydrogens (tertiary/aromatic N) is 5. The maximum absolute atomic E-state index is 12.7. The van der Waals surface area contributed by atoms with E-state index in [2.05, 4.69) is 20.4 Å². The van der Waals surface area contributed by atoms with Gasteiger partial charge in [0.1, 0.15) is 11.6 Å². The van der Waals surface area contributed by atoms with Gasteiger partial charge in [0.25, 0.3) is 0 Å². The van der Waals surface area contributed by atoms with Crippen LogP contribution in [0.4, 0.5) is 24.8 Å². The number of hydrazone groups is 1. The molecule has 0 aliphatic carbocycles. The van der Waals surface area contributed by atoms with E-state index in [0.29, 0.717) is 0 Å². The lowest BCUT2D eigenvalue weighted by Crippen LogP contribution is -2.32. The van der Waals surface area contributed by atoms with Crippen molar-refractivity contribution in [3.8, 4) is 5.69 Å². The Labute approximate surface area is 178 Å². The summed E-state index contributed by atoms with van der Waals surface area (Å²) in [6.07, 6.45) is 1.47. The lowest BCUT2D eigenvalue weighted by Gasteiger charge is -2.29. The van der Waals surface area contributed by atoms with Crippen molar-refractivity contribution in [1.29, 1.82) is 0 Å². The van der Waals surface area contributed by atoms with Crippen LogP contribution in [0.1, 0.15) is 36.1 Å². The number of hydrogen-bond acceptors (Lipinski definition) is 5. The number of aryl methyl sites for hydroxylation is 1. The quantitative estimate of drug-likeness (QED) is 0.457. The maximum atomic E-state index is 12.7. The first-order chi connectivity index (χ1) is 14.9. The summed E-state index contributed by atoms with van der Waals surface area (Å²) in [5.41, 5.74) is 4.56. The Bertz CT molecular complexity index is 1040. The van der Waals surface area contributed by atoms with Gasteiger partial charge in [-0.25, -0.2) is 9.67 Å². The van der Waals surface area contributed by atoms with Crippen molar-refractivity contribution in [3.63, 3.8) is 0 Å². The number of halogens is 3. The smallest absolute Gasteiger partial charge is 0.356 e. The Balaban J connectivity index is 1.62. The number of rotatable bonds is 5. The molecule has 2 aromatic heterocycles. The fourth-order valence-corrected chi connectivity index (χ4v) is 3.63. The van der Waals surface area contributed by atoms with Gasteiger partial charge in [-0.3, -0.25) is 5.43 Å². The molecule has 1 aliphatic rings. The van der Waals surface area contributed by atoms with Crippen LogP contribution in [0, 0.1) is 6.92 Å². The Kier molecular flexibility index (Phi) is 5.92. The summed E-state index contributed by atoms with van der Waals surface area (Å²) in [4.78, 5) is 6.10. The molecule has 0 spiro atoms. The molecule has 3 aromatic rings. The molecule has 162 valence electrons. The van der Waals surface area contributed by atoms with Gasteiger partial charge in [-0.05, 0) is 50.5 Å². The fourth-order valence-electron chi connectivity index (χ4n) is 3.63. The van der Waals surface area contributed by atoms with Gasteiger partial charge >= 0.3 is 6.18 Å². The Morgan fingerprint density at radius 1 is 1.03 bits per heavy atom. The minimum atomic E-state index is -4.42. The maximum Gasteiger partial charge on any atom is 0.417 e. The van der Waals surface area contributed by atoms with Crippen molar-refractivity contribution >= 4 is 17.9 Å². The average molecular weight is 428 g/mol. The number of nitrogens with one attached hydrogen (secondary N) is 1. The van der Waals surface area contributed by atoms with Crippen LogP contribution in [0.25, 0.3) is 5.69 Å². The molecule has 0 atom stereocenters. The first kappa shape index (κ1) is 20.9. The standard InChI is InChI=1S/C22H23F3N6/c1-16-19(15-27-28-20-11-10-17(14-26-20)22(23,24)25)21(30-12-6-3-7-13-30)31(29-16)18-8-4-2-5-9-18/h2,4-5,8-11,14-15H,3,6-7,12-13H2,1H3,(H,26,28). The third-order valence-corrected chi connectivity index (χ3v) is 5.20. The van der Waals surface area contributed by atoms with E-state index in [1.54, 1.807) is 6.21 Å². The molecule has 3 heterocycles.